The highest BCUT2D eigenvalue weighted by Crippen LogP contribution is 2.29. The van der Waals surface area contributed by atoms with Crippen LogP contribution in [0.15, 0.2) is 54.2 Å². The molecule has 0 radical (unpaired) electrons. The number of amides is 1. The van der Waals surface area contributed by atoms with E-state index in [9.17, 15) is 14.0 Å². The maximum Gasteiger partial charge on any atom is 0.295 e. The van der Waals surface area contributed by atoms with Crippen molar-refractivity contribution in [3.8, 4) is 12.0 Å². The summed E-state index contributed by atoms with van der Waals surface area (Å²) >= 11 is 0. The molecule has 2 N–H and O–H groups in total. The lowest BCUT2D eigenvalue weighted by molar-refractivity contribution is -0.126. The van der Waals surface area contributed by atoms with Crippen LogP contribution in [0.3, 0.4) is 0 Å². The van der Waals surface area contributed by atoms with Crippen molar-refractivity contribution in [2.24, 2.45) is 4.99 Å². The number of nitrogens with one attached hydrogen (secondary N) is 2. The molecule has 180 valence electrons. The van der Waals surface area contributed by atoms with Crippen LogP contribution in [-0.2, 0) is 4.79 Å². The molecule has 5 rings (SSSR count). The molecular weight excluding hydrogens is 467 g/mol. The van der Waals surface area contributed by atoms with Crippen LogP contribution in [0, 0.1) is 17.3 Å². The Morgan fingerprint density at radius 2 is 2.17 bits per heavy atom. The Labute approximate surface area is 203 Å². The molecule has 1 aliphatic carbocycles. The van der Waals surface area contributed by atoms with Gasteiger partial charge < -0.3 is 9.88 Å². The van der Waals surface area contributed by atoms with Crippen LogP contribution in [0.25, 0.3) is 16.7 Å². The highest BCUT2D eigenvalue weighted by atomic mass is 19.1. The number of Topliss-reactive ketones (excluding diaryl/α,β-unsaturated/α-hetero) is 1. The summed E-state index contributed by atoms with van der Waals surface area (Å²) in [6.45, 7) is 0.286. The minimum Gasteiger partial charge on any atom is -0.357 e. The standard InChI is InChI=1S/C23H19FN10O2/c24-16-12-29-22(34-10-8-31-32-34)19-18(16)15(11-28-19)20(35)23(36)33(14-4-5-14)9-7-27-21(30-13-25)17-3-1-2-6-26-17/h1-3,6,8,10-12,14,28H,4-5,7,9H2,(H,27,30). The topological polar surface area (TPSA) is 158 Å². The number of fused-ring (bicyclic) bond motifs is 1. The monoisotopic (exact) mass is 486 g/mol. The lowest BCUT2D eigenvalue weighted by Crippen LogP contribution is -2.40. The molecule has 0 saturated heterocycles. The summed E-state index contributed by atoms with van der Waals surface area (Å²) in [5.41, 5.74) is 0.609. The number of rotatable bonds is 8. The van der Waals surface area contributed by atoms with E-state index in [4.69, 9.17) is 5.26 Å². The fourth-order valence-electron chi connectivity index (χ4n) is 3.86. The minimum atomic E-state index is -0.841. The largest absolute Gasteiger partial charge is 0.357 e. The zero-order valence-electron chi connectivity index (χ0n) is 18.8. The van der Waals surface area contributed by atoms with Gasteiger partial charge >= 0.3 is 0 Å². The number of hydrogen-bond acceptors (Lipinski definition) is 8. The van der Waals surface area contributed by atoms with E-state index in [1.165, 1.54) is 28.2 Å². The van der Waals surface area contributed by atoms with E-state index < -0.39 is 17.5 Å². The van der Waals surface area contributed by atoms with E-state index in [2.05, 4.69) is 35.6 Å². The van der Waals surface area contributed by atoms with Crippen molar-refractivity contribution in [3.05, 3.63) is 66.3 Å². The van der Waals surface area contributed by atoms with Crippen LogP contribution in [-0.4, -0.2) is 71.5 Å². The number of amidine groups is 1. The lowest BCUT2D eigenvalue weighted by atomic mass is 10.1. The maximum absolute atomic E-state index is 14.8. The summed E-state index contributed by atoms with van der Waals surface area (Å²) in [4.78, 5) is 43.3. The van der Waals surface area contributed by atoms with Gasteiger partial charge in [-0.3, -0.25) is 24.9 Å². The van der Waals surface area contributed by atoms with Gasteiger partial charge in [-0.05, 0) is 25.0 Å². The first-order valence-electron chi connectivity index (χ1n) is 11.1. The molecule has 4 heterocycles. The van der Waals surface area contributed by atoms with Crippen molar-refractivity contribution < 1.29 is 14.0 Å². The van der Waals surface area contributed by atoms with Gasteiger partial charge in [0.05, 0.1) is 41.6 Å². The quantitative estimate of drug-likeness (QED) is 0.0944. The first-order chi connectivity index (χ1) is 17.6. The third-order valence-electron chi connectivity index (χ3n) is 5.66. The number of H-pyrrole nitrogens is 1. The van der Waals surface area contributed by atoms with Crippen molar-refractivity contribution in [3.63, 3.8) is 0 Å². The Kier molecular flexibility index (Phi) is 6.14. The summed E-state index contributed by atoms with van der Waals surface area (Å²) in [6, 6.07) is 5.11. The highest BCUT2D eigenvalue weighted by Gasteiger charge is 2.36. The van der Waals surface area contributed by atoms with Crippen molar-refractivity contribution in [1.29, 1.82) is 5.26 Å². The Hall–Kier alpha value is -4.99. The minimum absolute atomic E-state index is 0.0433. The van der Waals surface area contributed by atoms with Crippen LogP contribution in [0.5, 0.6) is 0 Å². The third kappa shape index (κ3) is 4.39. The summed E-state index contributed by atoms with van der Waals surface area (Å²) in [5.74, 6) is -1.82. The van der Waals surface area contributed by atoms with Crippen molar-refractivity contribution in [2.45, 2.75) is 18.9 Å². The molecule has 0 unspecified atom stereocenters. The molecule has 0 spiro atoms. The zero-order chi connectivity index (χ0) is 25.1. The maximum atomic E-state index is 14.8. The molecule has 1 saturated carbocycles. The average molecular weight is 486 g/mol. The molecule has 12 nitrogen and oxygen atoms in total. The number of nitriles is 1. The second kappa shape index (κ2) is 9.71. The summed E-state index contributed by atoms with van der Waals surface area (Å²) in [5, 5.41) is 19.1. The number of carbonyl (C=O) groups excluding carboxylic acids is 2. The fourth-order valence-corrected chi connectivity index (χ4v) is 3.86. The van der Waals surface area contributed by atoms with Gasteiger partial charge in [-0.15, -0.1) is 5.10 Å². The molecule has 1 aliphatic rings. The summed E-state index contributed by atoms with van der Waals surface area (Å²) in [7, 11) is 0. The smallest absolute Gasteiger partial charge is 0.295 e. The molecule has 0 atom stereocenters. The van der Waals surface area contributed by atoms with Crippen LogP contribution in [0.1, 0.15) is 28.9 Å². The molecule has 0 aliphatic heterocycles. The van der Waals surface area contributed by atoms with Crippen molar-refractivity contribution in [1.82, 2.24) is 40.2 Å². The van der Waals surface area contributed by atoms with E-state index in [-0.39, 0.29) is 47.3 Å². The van der Waals surface area contributed by atoms with E-state index >= 15 is 0 Å². The van der Waals surface area contributed by atoms with Gasteiger partial charge in [0, 0.05) is 25.0 Å². The summed E-state index contributed by atoms with van der Waals surface area (Å²) < 4.78 is 16.1. The number of halogens is 1. The molecule has 4 aromatic rings. The van der Waals surface area contributed by atoms with Crippen molar-refractivity contribution >= 4 is 28.4 Å². The van der Waals surface area contributed by atoms with Gasteiger partial charge in [0.1, 0.15) is 5.69 Å². The molecular formula is C23H19FN10O2. The van der Waals surface area contributed by atoms with Crippen LogP contribution < -0.4 is 5.32 Å². The number of ketones is 1. The Morgan fingerprint density at radius 3 is 2.86 bits per heavy atom. The molecule has 36 heavy (non-hydrogen) atoms. The Balaban J connectivity index is 1.38. The van der Waals surface area contributed by atoms with Crippen LogP contribution in [0.2, 0.25) is 0 Å². The molecule has 0 aromatic carbocycles. The van der Waals surface area contributed by atoms with Gasteiger partial charge in [0.25, 0.3) is 11.7 Å². The second-order valence-electron chi connectivity index (χ2n) is 7.97. The van der Waals surface area contributed by atoms with E-state index in [1.807, 2.05) is 6.19 Å². The fraction of sp³-hybridized carbons (Fsp3) is 0.217. The van der Waals surface area contributed by atoms with Crippen LogP contribution >= 0.6 is 0 Å². The van der Waals surface area contributed by atoms with E-state index in [0.717, 1.165) is 19.0 Å². The Bertz CT molecular complexity index is 1490. The predicted molar refractivity (Wildman–Crippen MR) is 124 cm³/mol. The summed E-state index contributed by atoms with van der Waals surface area (Å²) in [6.07, 6.45) is 10.2. The SMILES string of the molecule is N#CNC(=NCCN(C(=O)C(=O)c1c[nH]c2c(-n3ccnn3)ncc(F)c12)C1CC1)c1ccccn1. The first-order valence-corrected chi connectivity index (χ1v) is 11.1. The van der Waals surface area contributed by atoms with Crippen molar-refractivity contribution in [2.75, 3.05) is 13.1 Å². The molecule has 1 fully saturated rings. The van der Waals surface area contributed by atoms with Gasteiger partial charge in [0.15, 0.2) is 23.7 Å². The van der Waals surface area contributed by atoms with E-state index in [1.54, 1.807) is 24.4 Å². The van der Waals surface area contributed by atoms with E-state index in [0.29, 0.717) is 5.69 Å². The number of pyridine rings is 2. The average Bonchev–Trinajstić information content (AvgIpc) is 3.39. The van der Waals surface area contributed by atoms with Crippen LogP contribution in [0.4, 0.5) is 4.39 Å². The predicted octanol–water partition coefficient (Wildman–Crippen LogP) is 1.37. The van der Waals surface area contributed by atoms with Gasteiger partial charge in [0.2, 0.25) is 0 Å². The zero-order valence-corrected chi connectivity index (χ0v) is 18.8. The number of nitrogens with zero attached hydrogens (tertiary/aromatic N) is 8. The number of hydrogen-bond donors (Lipinski definition) is 2. The van der Waals surface area contributed by atoms with Gasteiger partial charge in [-0.25, -0.2) is 14.1 Å². The Morgan fingerprint density at radius 1 is 1.31 bits per heavy atom. The number of aromatic nitrogens is 6. The third-order valence-corrected chi connectivity index (χ3v) is 5.66. The molecule has 0 bridgehead atoms. The van der Waals surface area contributed by atoms with Gasteiger partial charge in [-0.2, -0.15) is 5.26 Å². The molecule has 4 aromatic heterocycles. The van der Waals surface area contributed by atoms with Gasteiger partial charge in [-0.1, -0.05) is 11.3 Å². The molecule has 1 amide bonds. The number of carbonyl (C=O) groups is 2. The normalized spacial score (nSPS) is 13.4. The molecule has 13 heteroatoms. The second-order valence-corrected chi connectivity index (χ2v) is 7.97. The number of aromatic amines is 1. The highest BCUT2D eigenvalue weighted by molar-refractivity contribution is 6.45. The lowest BCUT2D eigenvalue weighted by Gasteiger charge is -2.20. The number of aliphatic imine (C=N–C) groups is 1. The first kappa shape index (κ1) is 22.8.